The standard InChI is InChI=1S/C18H29N/c1-4-5-15-8-12-17(13-9-15)18(19-3)16-10-6-14(2)7-11-16/h6-7,10-11,15,17-19H,4-5,8-9,12-13H2,1-3H3. The molecule has 0 saturated heterocycles. The van der Waals surface area contributed by atoms with Gasteiger partial charge in [0.05, 0.1) is 0 Å². The zero-order chi connectivity index (χ0) is 13.7. The van der Waals surface area contributed by atoms with Gasteiger partial charge in [-0.3, -0.25) is 0 Å². The number of hydrogen-bond acceptors (Lipinski definition) is 1. The zero-order valence-corrected chi connectivity index (χ0v) is 12.8. The van der Waals surface area contributed by atoms with Gasteiger partial charge in [-0.05, 0) is 44.2 Å². The summed E-state index contributed by atoms with van der Waals surface area (Å²) in [5.41, 5.74) is 2.82. The van der Waals surface area contributed by atoms with Crippen LogP contribution in [0.1, 0.15) is 62.6 Å². The lowest BCUT2D eigenvalue weighted by Gasteiger charge is -2.34. The fourth-order valence-electron chi connectivity index (χ4n) is 3.67. The zero-order valence-electron chi connectivity index (χ0n) is 12.8. The van der Waals surface area contributed by atoms with E-state index in [4.69, 9.17) is 0 Å². The summed E-state index contributed by atoms with van der Waals surface area (Å²) >= 11 is 0. The average Bonchev–Trinajstić information content (AvgIpc) is 2.44. The average molecular weight is 259 g/mol. The molecule has 0 spiro atoms. The van der Waals surface area contributed by atoms with Gasteiger partial charge in [-0.2, -0.15) is 0 Å². The van der Waals surface area contributed by atoms with Gasteiger partial charge in [-0.1, -0.05) is 62.4 Å². The van der Waals surface area contributed by atoms with Gasteiger partial charge in [0.2, 0.25) is 0 Å². The molecule has 19 heavy (non-hydrogen) atoms. The maximum Gasteiger partial charge on any atom is 0.0346 e. The molecule has 1 aromatic rings. The molecule has 1 heteroatoms. The van der Waals surface area contributed by atoms with Crippen LogP contribution in [0.15, 0.2) is 24.3 Å². The van der Waals surface area contributed by atoms with E-state index >= 15 is 0 Å². The molecule has 1 saturated carbocycles. The van der Waals surface area contributed by atoms with Crippen molar-refractivity contribution in [2.45, 2.75) is 58.4 Å². The highest BCUT2D eigenvalue weighted by atomic mass is 14.9. The molecule has 0 aliphatic heterocycles. The van der Waals surface area contributed by atoms with E-state index in [1.165, 1.54) is 49.7 Å². The van der Waals surface area contributed by atoms with E-state index in [1.807, 2.05) is 0 Å². The number of hydrogen-bond donors (Lipinski definition) is 1. The van der Waals surface area contributed by atoms with E-state index in [-0.39, 0.29) is 0 Å². The van der Waals surface area contributed by atoms with Gasteiger partial charge in [0.15, 0.2) is 0 Å². The molecule has 106 valence electrons. The Labute approximate surface area is 118 Å². The molecule has 1 atom stereocenters. The minimum atomic E-state index is 0.545. The van der Waals surface area contributed by atoms with Crippen LogP contribution in [0, 0.1) is 18.8 Å². The van der Waals surface area contributed by atoms with Crippen molar-refractivity contribution in [1.82, 2.24) is 5.32 Å². The fraction of sp³-hybridized carbons (Fsp3) is 0.667. The number of benzene rings is 1. The maximum atomic E-state index is 3.55. The Morgan fingerprint density at radius 2 is 1.74 bits per heavy atom. The molecule has 0 heterocycles. The summed E-state index contributed by atoms with van der Waals surface area (Å²) in [6, 6.07) is 9.62. The molecule has 2 rings (SSSR count). The van der Waals surface area contributed by atoms with Gasteiger partial charge >= 0.3 is 0 Å². The van der Waals surface area contributed by atoms with E-state index in [0.29, 0.717) is 6.04 Å². The second-order valence-electron chi connectivity index (χ2n) is 6.25. The molecule has 1 unspecified atom stereocenters. The molecule has 1 N–H and O–H groups in total. The van der Waals surface area contributed by atoms with Crippen LogP contribution in [0.25, 0.3) is 0 Å². The third kappa shape index (κ3) is 3.82. The quantitative estimate of drug-likeness (QED) is 0.796. The topological polar surface area (TPSA) is 12.0 Å². The highest BCUT2D eigenvalue weighted by Crippen LogP contribution is 2.38. The second kappa shape index (κ2) is 7.09. The maximum absolute atomic E-state index is 3.55. The van der Waals surface area contributed by atoms with Gasteiger partial charge in [0, 0.05) is 6.04 Å². The molecular weight excluding hydrogens is 230 g/mol. The first-order chi connectivity index (χ1) is 9.24. The molecule has 1 fully saturated rings. The third-order valence-electron chi connectivity index (χ3n) is 4.81. The lowest BCUT2D eigenvalue weighted by atomic mass is 9.75. The SMILES string of the molecule is CCCC1CCC(C(NC)c2ccc(C)cc2)CC1. The predicted molar refractivity (Wildman–Crippen MR) is 83.3 cm³/mol. The van der Waals surface area contributed by atoms with Gasteiger partial charge in [-0.25, -0.2) is 0 Å². The first kappa shape index (κ1) is 14.6. The largest absolute Gasteiger partial charge is 0.313 e. The lowest BCUT2D eigenvalue weighted by molar-refractivity contribution is 0.219. The molecule has 1 aromatic carbocycles. The van der Waals surface area contributed by atoms with Crippen LogP contribution in [-0.2, 0) is 0 Å². The fourth-order valence-corrected chi connectivity index (χ4v) is 3.67. The van der Waals surface area contributed by atoms with Crippen molar-refractivity contribution in [3.63, 3.8) is 0 Å². The molecule has 1 aliphatic carbocycles. The first-order valence-electron chi connectivity index (χ1n) is 7.98. The smallest absolute Gasteiger partial charge is 0.0346 e. The van der Waals surface area contributed by atoms with Crippen LogP contribution in [0.2, 0.25) is 0 Å². The van der Waals surface area contributed by atoms with Crippen LogP contribution in [0.3, 0.4) is 0 Å². The Kier molecular flexibility index (Phi) is 5.45. The summed E-state index contributed by atoms with van der Waals surface area (Å²) in [5.74, 6) is 1.82. The minimum absolute atomic E-state index is 0.545. The summed E-state index contributed by atoms with van der Waals surface area (Å²) in [4.78, 5) is 0. The summed E-state index contributed by atoms with van der Waals surface area (Å²) < 4.78 is 0. The summed E-state index contributed by atoms with van der Waals surface area (Å²) in [5, 5.41) is 3.55. The van der Waals surface area contributed by atoms with Crippen molar-refractivity contribution in [2.24, 2.45) is 11.8 Å². The first-order valence-corrected chi connectivity index (χ1v) is 7.98. The van der Waals surface area contributed by atoms with E-state index < -0.39 is 0 Å². The van der Waals surface area contributed by atoms with Crippen LogP contribution < -0.4 is 5.32 Å². The van der Waals surface area contributed by atoms with Crippen LogP contribution >= 0.6 is 0 Å². The van der Waals surface area contributed by atoms with Gasteiger partial charge < -0.3 is 5.32 Å². The van der Waals surface area contributed by atoms with E-state index in [9.17, 15) is 0 Å². The van der Waals surface area contributed by atoms with Crippen LogP contribution in [-0.4, -0.2) is 7.05 Å². The minimum Gasteiger partial charge on any atom is -0.313 e. The Bertz CT molecular complexity index is 360. The highest BCUT2D eigenvalue weighted by molar-refractivity contribution is 5.24. The summed E-state index contributed by atoms with van der Waals surface area (Å²) in [7, 11) is 2.11. The Balaban J connectivity index is 1.97. The molecule has 1 nitrogen and oxygen atoms in total. The van der Waals surface area contributed by atoms with E-state index in [1.54, 1.807) is 0 Å². The van der Waals surface area contributed by atoms with Crippen molar-refractivity contribution in [3.05, 3.63) is 35.4 Å². The van der Waals surface area contributed by atoms with Crippen molar-refractivity contribution < 1.29 is 0 Å². The van der Waals surface area contributed by atoms with Gasteiger partial charge in [-0.15, -0.1) is 0 Å². The lowest BCUT2D eigenvalue weighted by Crippen LogP contribution is -2.28. The molecule has 0 radical (unpaired) electrons. The normalized spacial score (nSPS) is 25.2. The van der Waals surface area contributed by atoms with Crippen molar-refractivity contribution in [1.29, 1.82) is 0 Å². The van der Waals surface area contributed by atoms with Gasteiger partial charge in [0.1, 0.15) is 0 Å². The number of rotatable bonds is 5. The van der Waals surface area contributed by atoms with Crippen LogP contribution in [0.5, 0.6) is 0 Å². The molecule has 1 aliphatic rings. The highest BCUT2D eigenvalue weighted by Gasteiger charge is 2.27. The van der Waals surface area contributed by atoms with Crippen molar-refractivity contribution in [3.8, 4) is 0 Å². The van der Waals surface area contributed by atoms with E-state index in [2.05, 4.69) is 50.5 Å². The molecule has 0 aromatic heterocycles. The molecule has 0 amide bonds. The van der Waals surface area contributed by atoms with Crippen molar-refractivity contribution >= 4 is 0 Å². The number of nitrogens with one attached hydrogen (secondary N) is 1. The summed E-state index contributed by atoms with van der Waals surface area (Å²) in [6.07, 6.45) is 8.43. The number of aryl methyl sites for hydroxylation is 1. The molecule has 0 bridgehead atoms. The van der Waals surface area contributed by atoms with E-state index in [0.717, 1.165) is 11.8 Å². The van der Waals surface area contributed by atoms with Crippen molar-refractivity contribution in [2.75, 3.05) is 7.05 Å². The van der Waals surface area contributed by atoms with Gasteiger partial charge in [0.25, 0.3) is 0 Å². The van der Waals surface area contributed by atoms with Crippen LogP contribution in [0.4, 0.5) is 0 Å². The Hall–Kier alpha value is -0.820. The Morgan fingerprint density at radius 1 is 1.11 bits per heavy atom. The molecular formula is C18H29N. The Morgan fingerprint density at radius 3 is 2.26 bits per heavy atom. The summed E-state index contributed by atoms with van der Waals surface area (Å²) in [6.45, 7) is 4.48. The third-order valence-corrected chi connectivity index (χ3v) is 4.81. The predicted octanol–water partition coefficient (Wildman–Crippen LogP) is 4.86. The monoisotopic (exact) mass is 259 g/mol. The second-order valence-corrected chi connectivity index (χ2v) is 6.25.